The van der Waals surface area contributed by atoms with Crippen molar-refractivity contribution in [3.8, 4) is 0 Å². The number of ketones is 1. The molecule has 1 atom stereocenters. The fourth-order valence-electron chi connectivity index (χ4n) is 2.44. The van der Waals surface area contributed by atoms with Crippen LogP contribution in [0.5, 0.6) is 0 Å². The number of fused-ring (bicyclic) bond motifs is 1. The molecule has 0 saturated carbocycles. The molecule has 0 saturated heterocycles. The van der Waals surface area contributed by atoms with Crippen LogP contribution in [0.4, 0.5) is 5.82 Å². The number of anilines is 1. The summed E-state index contributed by atoms with van der Waals surface area (Å²) in [5.74, 6) is 1.37. The van der Waals surface area contributed by atoms with Crippen LogP contribution < -0.4 is 5.32 Å². The third kappa shape index (κ3) is 3.39. The third-order valence-electron chi connectivity index (χ3n) is 3.26. The van der Waals surface area contributed by atoms with E-state index in [1.807, 2.05) is 0 Å². The van der Waals surface area contributed by atoms with E-state index in [2.05, 4.69) is 29.1 Å². The van der Waals surface area contributed by atoms with Crippen molar-refractivity contribution in [1.29, 1.82) is 0 Å². The van der Waals surface area contributed by atoms with E-state index in [1.165, 1.54) is 13.3 Å². The Hall–Kier alpha value is -1.95. The first-order valence-electron chi connectivity index (χ1n) is 7.07. The number of aryl methyl sites for hydroxylation is 1. The second-order valence-electron chi connectivity index (χ2n) is 5.66. The Labute approximate surface area is 123 Å². The van der Waals surface area contributed by atoms with Crippen molar-refractivity contribution >= 4 is 22.7 Å². The van der Waals surface area contributed by atoms with Crippen LogP contribution in [0.15, 0.2) is 10.7 Å². The lowest BCUT2D eigenvalue weighted by molar-refractivity contribution is 0.101. The highest BCUT2D eigenvalue weighted by atomic mass is 16.3. The van der Waals surface area contributed by atoms with Gasteiger partial charge in [-0.15, -0.1) is 0 Å². The molecule has 2 heterocycles. The van der Waals surface area contributed by atoms with Gasteiger partial charge in [0.1, 0.15) is 17.9 Å². The van der Waals surface area contributed by atoms with Gasteiger partial charge in [0.05, 0.1) is 17.1 Å². The zero-order chi connectivity index (χ0) is 15.6. The van der Waals surface area contributed by atoms with Crippen LogP contribution >= 0.6 is 0 Å². The Morgan fingerprint density at radius 1 is 1.43 bits per heavy atom. The predicted octanol–water partition coefficient (Wildman–Crippen LogP) is 2.55. The molecule has 114 valence electrons. The standard InChI is InChI=1S/C15H21N3O3/c1-8(2)5-11(20)6-16-14-13-12(9(3)19)10(4)21-15(13)18-7-17-14/h7-8,11,20H,5-6H2,1-4H3,(H,16,17,18). The highest BCUT2D eigenvalue weighted by Crippen LogP contribution is 2.29. The number of aromatic nitrogens is 2. The second kappa shape index (κ2) is 6.22. The van der Waals surface area contributed by atoms with E-state index in [-0.39, 0.29) is 5.78 Å². The Bertz CT molecular complexity index is 649. The molecule has 2 aromatic heterocycles. The molecule has 0 aliphatic heterocycles. The highest BCUT2D eigenvalue weighted by molar-refractivity contribution is 6.09. The van der Waals surface area contributed by atoms with E-state index >= 15 is 0 Å². The van der Waals surface area contributed by atoms with Gasteiger partial charge in [0.25, 0.3) is 0 Å². The van der Waals surface area contributed by atoms with Gasteiger partial charge in [-0.25, -0.2) is 9.97 Å². The molecule has 1 unspecified atom stereocenters. The molecule has 0 aliphatic carbocycles. The SMILES string of the molecule is CC(=O)c1c(C)oc2ncnc(NCC(O)CC(C)C)c12. The summed E-state index contributed by atoms with van der Waals surface area (Å²) in [5.41, 5.74) is 0.875. The largest absolute Gasteiger partial charge is 0.442 e. The van der Waals surface area contributed by atoms with E-state index < -0.39 is 6.10 Å². The lowest BCUT2D eigenvalue weighted by atomic mass is 10.1. The lowest BCUT2D eigenvalue weighted by Crippen LogP contribution is -2.21. The van der Waals surface area contributed by atoms with Gasteiger partial charge in [-0.2, -0.15) is 0 Å². The van der Waals surface area contributed by atoms with Gasteiger partial charge in [0.15, 0.2) is 5.78 Å². The summed E-state index contributed by atoms with van der Waals surface area (Å²) in [4.78, 5) is 20.0. The first kappa shape index (κ1) is 15.4. The summed E-state index contributed by atoms with van der Waals surface area (Å²) < 4.78 is 5.50. The molecular weight excluding hydrogens is 270 g/mol. The quantitative estimate of drug-likeness (QED) is 0.795. The number of carbonyl (C=O) groups is 1. The maximum atomic E-state index is 11.8. The molecule has 6 heteroatoms. The van der Waals surface area contributed by atoms with Crippen molar-refractivity contribution in [3.05, 3.63) is 17.7 Å². The molecular formula is C15H21N3O3. The van der Waals surface area contributed by atoms with Crippen molar-refractivity contribution in [2.24, 2.45) is 5.92 Å². The number of rotatable bonds is 6. The van der Waals surface area contributed by atoms with Gasteiger partial charge in [-0.05, 0) is 26.2 Å². The molecule has 0 aromatic carbocycles. The Morgan fingerprint density at radius 2 is 2.14 bits per heavy atom. The Balaban J connectivity index is 2.29. The number of furan rings is 1. The number of aliphatic hydroxyl groups is 1. The number of aliphatic hydroxyl groups excluding tert-OH is 1. The monoisotopic (exact) mass is 291 g/mol. The van der Waals surface area contributed by atoms with Gasteiger partial charge in [-0.3, -0.25) is 4.79 Å². The molecule has 6 nitrogen and oxygen atoms in total. The molecule has 2 rings (SSSR count). The fraction of sp³-hybridized carbons (Fsp3) is 0.533. The number of hydrogen-bond acceptors (Lipinski definition) is 6. The first-order chi connectivity index (χ1) is 9.90. The summed E-state index contributed by atoms with van der Waals surface area (Å²) in [6, 6.07) is 0. The van der Waals surface area contributed by atoms with E-state index in [0.717, 1.165) is 0 Å². The average Bonchev–Trinajstić information content (AvgIpc) is 2.71. The number of nitrogens with one attached hydrogen (secondary N) is 1. The number of hydrogen-bond donors (Lipinski definition) is 2. The van der Waals surface area contributed by atoms with Crippen molar-refractivity contribution < 1.29 is 14.3 Å². The topological polar surface area (TPSA) is 88.2 Å². The number of carbonyl (C=O) groups excluding carboxylic acids is 1. The van der Waals surface area contributed by atoms with E-state index in [9.17, 15) is 9.90 Å². The number of nitrogens with zero attached hydrogens (tertiary/aromatic N) is 2. The zero-order valence-corrected chi connectivity index (χ0v) is 12.8. The molecule has 2 aromatic rings. The number of Topliss-reactive ketones (excluding diaryl/α,β-unsaturated/α-hetero) is 1. The molecule has 0 fully saturated rings. The third-order valence-corrected chi connectivity index (χ3v) is 3.26. The molecule has 0 radical (unpaired) electrons. The fourth-order valence-corrected chi connectivity index (χ4v) is 2.44. The predicted molar refractivity (Wildman–Crippen MR) is 80.5 cm³/mol. The van der Waals surface area contributed by atoms with Gasteiger partial charge < -0.3 is 14.8 Å². The van der Waals surface area contributed by atoms with E-state index in [4.69, 9.17) is 4.42 Å². The van der Waals surface area contributed by atoms with Crippen LogP contribution in [0.1, 0.15) is 43.3 Å². The summed E-state index contributed by atoms with van der Waals surface area (Å²) in [5, 5.41) is 13.6. The smallest absolute Gasteiger partial charge is 0.232 e. The Morgan fingerprint density at radius 3 is 2.76 bits per heavy atom. The van der Waals surface area contributed by atoms with Gasteiger partial charge in [-0.1, -0.05) is 13.8 Å². The van der Waals surface area contributed by atoms with Crippen LogP contribution in [0.2, 0.25) is 0 Å². The Kier molecular flexibility index (Phi) is 4.57. The summed E-state index contributed by atoms with van der Waals surface area (Å²) in [6.07, 6.45) is 1.61. The van der Waals surface area contributed by atoms with Crippen LogP contribution in [-0.4, -0.2) is 33.5 Å². The first-order valence-corrected chi connectivity index (χ1v) is 7.07. The van der Waals surface area contributed by atoms with Crippen LogP contribution in [0.3, 0.4) is 0 Å². The summed E-state index contributed by atoms with van der Waals surface area (Å²) in [6.45, 7) is 7.70. The van der Waals surface area contributed by atoms with Crippen molar-refractivity contribution in [2.75, 3.05) is 11.9 Å². The molecule has 0 bridgehead atoms. The van der Waals surface area contributed by atoms with Crippen molar-refractivity contribution in [2.45, 2.75) is 40.2 Å². The summed E-state index contributed by atoms with van der Waals surface area (Å²) in [7, 11) is 0. The molecule has 0 aliphatic rings. The van der Waals surface area contributed by atoms with Crippen molar-refractivity contribution in [3.63, 3.8) is 0 Å². The highest BCUT2D eigenvalue weighted by Gasteiger charge is 2.20. The van der Waals surface area contributed by atoms with Gasteiger partial charge in [0.2, 0.25) is 5.71 Å². The van der Waals surface area contributed by atoms with Gasteiger partial charge in [0, 0.05) is 6.54 Å². The van der Waals surface area contributed by atoms with Crippen LogP contribution in [0, 0.1) is 12.8 Å². The molecule has 0 spiro atoms. The van der Waals surface area contributed by atoms with Gasteiger partial charge >= 0.3 is 0 Å². The van der Waals surface area contributed by atoms with E-state index in [0.29, 0.717) is 47.1 Å². The van der Waals surface area contributed by atoms with Crippen LogP contribution in [-0.2, 0) is 0 Å². The average molecular weight is 291 g/mol. The van der Waals surface area contributed by atoms with E-state index in [1.54, 1.807) is 6.92 Å². The molecule has 0 amide bonds. The maximum Gasteiger partial charge on any atom is 0.232 e. The second-order valence-corrected chi connectivity index (χ2v) is 5.66. The minimum Gasteiger partial charge on any atom is -0.442 e. The molecule has 21 heavy (non-hydrogen) atoms. The summed E-state index contributed by atoms with van der Waals surface area (Å²) >= 11 is 0. The zero-order valence-electron chi connectivity index (χ0n) is 12.8. The molecule has 2 N–H and O–H groups in total. The minimum atomic E-state index is -0.469. The van der Waals surface area contributed by atoms with Crippen LogP contribution in [0.25, 0.3) is 11.1 Å². The lowest BCUT2D eigenvalue weighted by Gasteiger charge is -2.14. The minimum absolute atomic E-state index is 0.0909. The maximum absolute atomic E-state index is 11.8. The normalized spacial score (nSPS) is 12.9. The van der Waals surface area contributed by atoms with Crippen molar-refractivity contribution in [1.82, 2.24) is 9.97 Å².